The maximum Gasteiger partial charge on any atom is 0.325 e. The first-order valence-corrected chi connectivity index (χ1v) is 6.60. The highest BCUT2D eigenvalue weighted by molar-refractivity contribution is 6.07. The van der Waals surface area contributed by atoms with Gasteiger partial charge in [-0.25, -0.2) is 4.79 Å². The van der Waals surface area contributed by atoms with Crippen LogP contribution in [0.5, 0.6) is 0 Å². The summed E-state index contributed by atoms with van der Waals surface area (Å²) >= 11 is 0. The normalized spacial score (nSPS) is 31.6. The summed E-state index contributed by atoms with van der Waals surface area (Å²) in [4.78, 5) is 25.6. The summed E-state index contributed by atoms with van der Waals surface area (Å²) in [6.07, 6.45) is 4.51. The molecule has 0 aromatic carbocycles. The van der Waals surface area contributed by atoms with Crippen molar-refractivity contribution in [3.8, 4) is 6.07 Å². The summed E-state index contributed by atoms with van der Waals surface area (Å²) in [5, 5.41) is 11.0. The molecule has 98 valence electrons. The van der Waals surface area contributed by atoms with Gasteiger partial charge in [-0.15, -0.1) is 0 Å². The lowest BCUT2D eigenvalue weighted by molar-refractivity contribution is -0.128. The molecule has 2 fully saturated rings. The minimum atomic E-state index is -0.626. The Hall–Kier alpha value is -1.57. The molecular weight excluding hydrogens is 230 g/mol. The Labute approximate surface area is 107 Å². The van der Waals surface area contributed by atoms with Gasteiger partial charge < -0.3 is 4.90 Å². The zero-order valence-electron chi connectivity index (χ0n) is 10.7. The standard InChI is InChI=1S/C13H19N3O2/c1-10-4-6-13(7-5-10)11(17)15-12(18)16(13)9-3-2-8-14/h10H,2-7,9H2,1H3,(H,15,17,18). The van der Waals surface area contributed by atoms with Crippen LogP contribution >= 0.6 is 0 Å². The van der Waals surface area contributed by atoms with Crippen LogP contribution in [-0.4, -0.2) is 28.9 Å². The van der Waals surface area contributed by atoms with Crippen molar-refractivity contribution in [2.45, 2.75) is 51.0 Å². The number of nitriles is 1. The molecular formula is C13H19N3O2. The molecule has 1 aliphatic carbocycles. The second-order valence-electron chi connectivity index (χ2n) is 5.39. The van der Waals surface area contributed by atoms with Gasteiger partial charge in [0.25, 0.3) is 5.91 Å². The van der Waals surface area contributed by atoms with E-state index in [1.54, 1.807) is 4.90 Å². The van der Waals surface area contributed by atoms with E-state index in [0.29, 0.717) is 25.3 Å². The number of carbonyl (C=O) groups is 2. The van der Waals surface area contributed by atoms with E-state index < -0.39 is 5.54 Å². The molecule has 5 nitrogen and oxygen atoms in total. The molecule has 2 aliphatic rings. The summed E-state index contributed by atoms with van der Waals surface area (Å²) in [6, 6.07) is 1.79. The van der Waals surface area contributed by atoms with Crippen LogP contribution in [0.1, 0.15) is 45.4 Å². The number of carbonyl (C=O) groups excluding carboxylic acids is 2. The van der Waals surface area contributed by atoms with Gasteiger partial charge in [-0.05, 0) is 38.0 Å². The molecule has 18 heavy (non-hydrogen) atoms. The molecule has 0 radical (unpaired) electrons. The number of hydrogen-bond donors (Lipinski definition) is 1. The van der Waals surface area contributed by atoms with Gasteiger partial charge in [0.1, 0.15) is 5.54 Å². The predicted octanol–water partition coefficient (Wildman–Crippen LogP) is 1.79. The third kappa shape index (κ3) is 2.07. The van der Waals surface area contributed by atoms with E-state index in [0.717, 1.165) is 25.7 Å². The zero-order valence-corrected chi connectivity index (χ0v) is 10.7. The minimum absolute atomic E-state index is 0.142. The van der Waals surface area contributed by atoms with Crippen LogP contribution in [0.3, 0.4) is 0 Å². The summed E-state index contributed by atoms with van der Waals surface area (Å²) < 4.78 is 0. The van der Waals surface area contributed by atoms with Crippen molar-refractivity contribution in [3.63, 3.8) is 0 Å². The van der Waals surface area contributed by atoms with Gasteiger partial charge in [-0.3, -0.25) is 10.1 Å². The van der Waals surface area contributed by atoms with Crippen LogP contribution < -0.4 is 5.32 Å². The van der Waals surface area contributed by atoms with Crippen LogP contribution in [-0.2, 0) is 4.79 Å². The van der Waals surface area contributed by atoms with Crippen LogP contribution in [0.25, 0.3) is 0 Å². The highest BCUT2D eigenvalue weighted by Gasteiger charge is 2.53. The maximum absolute atomic E-state index is 12.1. The van der Waals surface area contributed by atoms with Crippen molar-refractivity contribution in [3.05, 3.63) is 0 Å². The fourth-order valence-electron chi connectivity index (χ4n) is 2.97. The zero-order chi connectivity index (χ0) is 13.2. The molecule has 1 N–H and O–H groups in total. The highest BCUT2D eigenvalue weighted by atomic mass is 16.2. The van der Waals surface area contributed by atoms with Crippen LogP contribution in [0.4, 0.5) is 4.79 Å². The first kappa shape index (κ1) is 12.9. The molecule has 1 saturated heterocycles. The number of imide groups is 1. The maximum atomic E-state index is 12.1. The molecule has 0 unspecified atom stereocenters. The number of nitrogens with zero attached hydrogens (tertiary/aromatic N) is 2. The number of rotatable bonds is 3. The summed E-state index contributed by atoms with van der Waals surface area (Å²) in [5.41, 5.74) is -0.626. The average molecular weight is 249 g/mol. The predicted molar refractivity (Wildman–Crippen MR) is 65.5 cm³/mol. The number of amides is 3. The average Bonchev–Trinajstić information content (AvgIpc) is 2.57. The Bertz CT molecular complexity index is 392. The monoisotopic (exact) mass is 249 g/mol. The second kappa shape index (κ2) is 4.97. The van der Waals surface area contributed by atoms with E-state index in [-0.39, 0.29) is 11.9 Å². The van der Waals surface area contributed by atoms with Gasteiger partial charge >= 0.3 is 6.03 Å². The van der Waals surface area contributed by atoms with E-state index in [9.17, 15) is 9.59 Å². The molecule has 1 aliphatic heterocycles. The third-order valence-electron chi connectivity index (χ3n) is 4.18. The quantitative estimate of drug-likeness (QED) is 0.612. The fraction of sp³-hybridized carbons (Fsp3) is 0.769. The Morgan fingerprint density at radius 2 is 2.11 bits per heavy atom. The van der Waals surface area contributed by atoms with Crippen molar-refractivity contribution in [2.24, 2.45) is 5.92 Å². The summed E-state index contributed by atoms with van der Waals surface area (Å²) in [6.45, 7) is 2.68. The van der Waals surface area contributed by atoms with Gasteiger partial charge in [0.05, 0.1) is 6.07 Å². The van der Waals surface area contributed by atoms with E-state index in [2.05, 4.69) is 18.3 Å². The first-order chi connectivity index (χ1) is 8.60. The molecule has 0 atom stereocenters. The van der Waals surface area contributed by atoms with E-state index in [1.165, 1.54) is 0 Å². The Balaban J connectivity index is 2.12. The van der Waals surface area contributed by atoms with E-state index >= 15 is 0 Å². The van der Waals surface area contributed by atoms with Gasteiger partial charge in [0, 0.05) is 13.0 Å². The van der Waals surface area contributed by atoms with Crippen molar-refractivity contribution in [1.29, 1.82) is 5.26 Å². The lowest BCUT2D eigenvalue weighted by Gasteiger charge is -2.40. The van der Waals surface area contributed by atoms with Crippen molar-refractivity contribution < 1.29 is 9.59 Å². The third-order valence-corrected chi connectivity index (χ3v) is 4.18. The van der Waals surface area contributed by atoms with Crippen LogP contribution in [0, 0.1) is 17.2 Å². The van der Waals surface area contributed by atoms with Crippen molar-refractivity contribution in [2.75, 3.05) is 6.54 Å². The minimum Gasteiger partial charge on any atom is -0.310 e. The lowest BCUT2D eigenvalue weighted by Crippen LogP contribution is -2.52. The number of hydrogen-bond acceptors (Lipinski definition) is 3. The molecule has 1 heterocycles. The molecule has 2 rings (SSSR count). The van der Waals surface area contributed by atoms with E-state index in [4.69, 9.17) is 5.26 Å². The topological polar surface area (TPSA) is 73.2 Å². The Morgan fingerprint density at radius 1 is 1.44 bits per heavy atom. The van der Waals surface area contributed by atoms with Gasteiger partial charge in [-0.1, -0.05) is 6.92 Å². The summed E-state index contributed by atoms with van der Waals surface area (Å²) in [7, 11) is 0. The molecule has 1 spiro atoms. The van der Waals surface area contributed by atoms with Gasteiger partial charge in [-0.2, -0.15) is 5.26 Å². The summed E-state index contributed by atoms with van der Waals surface area (Å²) in [5.74, 6) is 0.483. The number of nitrogens with one attached hydrogen (secondary N) is 1. The molecule has 0 bridgehead atoms. The second-order valence-corrected chi connectivity index (χ2v) is 5.39. The number of urea groups is 1. The fourth-order valence-corrected chi connectivity index (χ4v) is 2.97. The van der Waals surface area contributed by atoms with Crippen molar-refractivity contribution >= 4 is 11.9 Å². The van der Waals surface area contributed by atoms with Gasteiger partial charge in [0.2, 0.25) is 0 Å². The van der Waals surface area contributed by atoms with Crippen LogP contribution in [0.15, 0.2) is 0 Å². The smallest absolute Gasteiger partial charge is 0.310 e. The number of unbranched alkanes of at least 4 members (excludes halogenated alkanes) is 1. The first-order valence-electron chi connectivity index (χ1n) is 6.60. The molecule has 0 aromatic heterocycles. The molecule has 0 aromatic rings. The molecule has 1 saturated carbocycles. The molecule has 3 amide bonds. The van der Waals surface area contributed by atoms with Gasteiger partial charge in [0.15, 0.2) is 0 Å². The van der Waals surface area contributed by atoms with E-state index in [1.807, 2.05) is 0 Å². The van der Waals surface area contributed by atoms with Crippen molar-refractivity contribution in [1.82, 2.24) is 10.2 Å². The SMILES string of the molecule is CC1CCC2(CC1)C(=O)NC(=O)N2CCCC#N. The lowest BCUT2D eigenvalue weighted by atomic mass is 9.76. The Morgan fingerprint density at radius 3 is 2.72 bits per heavy atom. The molecule has 5 heteroatoms. The Kier molecular flexibility index (Phi) is 3.55. The highest BCUT2D eigenvalue weighted by Crippen LogP contribution is 2.39. The van der Waals surface area contributed by atoms with Crippen LogP contribution in [0.2, 0.25) is 0 Å². The largest absolute Gasteiger partial charge is 0.325 e.